The number of benzene rings is 2. The summed E-state index contributed by atoms with van der Waals surface area (Å²) >= 11 is 0. The van der Waals surface area contributed by atoms with Crippen LogP contribution >= 0.6 is 0 Å². The van der Waals surface area contributed by atoms with Crippen LogP contribution in [0.25, 0.3) is 0 Å². The fraction of sp³-hybridized carbons (Fsp3) is 0.133. The van der Waals surface area contributed by atoms with Crippen molar-refractivity contribution in [1.29, 1.82) is 0 Å². The van der Waals surface area contributed by atoms with Gasteiger partial charge in [-0.2, -0.15) is 0 Å². The monoisotopic (exact) mass is 256 g/mol. The minimum absolute atomic E-state index is 0.161. The number of carbonyl (C=O) groups is 1. The second kappa shape index (κ2) is 5.44. The Hall–Kier alpha value is -2.49. The van der Waals surface area contributed by atoms with E-state index in [0.717, 1.165) is 16.8 Å². The zero-order chi connectivity index (χ0) is 13.8. The lowest BCUT2D eigenvalue weighted by Crippen LogP contribution is -2.19. The maximum atomic E-state index is 11.8. The van der Waals surface area contributed by atoms with Gasteiger partial charge in [-0.05, 0) is 43.2 Å². The van der Waals surface area contributed by atoms with Crippen LogP contribution in [0, 0.1) is 13.8 Å². The molecule has 2 amide bonds. The number of carbonyl (C=O) groups excluding carboxylic acids is 1. The molecule has 4 nitrogen and oxygen atoms in total. The zero-order valence-corrected chi connectivity index (χ0v) is 10.9. The molecule has 0 aromatic heterocycles. The number of nitrogens with one attached hydrogen (secondary N) is 2. The molecule has 2 aromatic carbocycles. The summed E-state index contributed by atoms with van der Waals surface area (Å²) in [6.45, 7) is 3.76. The third kappa shape index (κ3) is 3.48. The predicted molar refractivity (Wildman–Crippen MR) is 76.7 cm³/mol. The van der Waals surface area contributed by atoms with Crippen LogP contribution in [0.2, 0.25) is 0 Å². The van der Waals surface area contributed by atoms with E-state index in [-0.39, 0.29) is 11.8 Å². The van der Waals surface area contributed by atoms with Gasteiger partial charge in [-0.1, -0.05) is 18.2 Å². The van der Waals surface area contributed by atoms with Crippen LogP contribution < -0.4 is 10.6 Å². The highest BCUT2D eigenvalue weighted by molar-refractivity contribution is 5.99. The first kappa shape index (κ1) is 13.0. The molecule has 0 atom stereocenters. The molecule has 0 unspecified atom stereocenters. The maximum Gasteiger partial charge on any atom is 0.323 e. The Morgan fingerprint density at radius 2 is 1.68 bits per heavy atom. The van der Waals surface area contributed by atoms with Crippen molar-refractivity contribution in [1.82, 2.24) is 0 Å². The van der Waals surface area contributed by atoms with Crippen molar-refractivity contribution >= 4 is 17.4 Å². The minimum atomic E-state index is -0.339. The van der Waals surface area contributed by atoms with Crippen LogP contribution in [0.4, 0.5) is 16.2 Å². The summed E-state index contributed by atoms with van der Waals surface area (Å²) in [6.07, 6.45) is 0. The van der Waals surface area contributed by atoms with Crippen molar-refractivity contribution in [2.45, 2.75) is 13.8 Å². The lowest BCUT2D eigenvalue weighted by atomic mass is 10.2. The van der Waals surface area contributed by atoms with Gasteiger partial charge >= 0.3 is 6.03 Å². The number of urea groups is 1. The van der Waals surface area contributed by atoms with Crippen molar-refractivity contribution in [3.05, 3.63) is 53.6 Å². The second-order valence-corrected chi connectivity index (χ2v) is 4.45. The average molecular weight is 256 g/mol. The number of hydrogen-bond donors (Lipinski definition) is 3. The van der Waals surface area contributed by atoms with Crippen molar-refractivity contribution in [2.24, 2.45) is 0 Å². The first-order valence-electron chi connectivity index (χ1n) is 5.99. The van der Waals surface area contributed by atoms with Crippen molar-refractivity contribution in [3.8, 4) is 5.75 Å². The van der Waals surface area contributed by atoms with E-state index < -0.39 is 0 Å². The van der Waals surface area contributed by atoms with Gasteiger partial charge in [-0.15, -0.1) is 0 Å². The van der Waals surface area contributed by atoms with E-state index >= 15 is 0 Å². The van der Waals surface area contributed by atoms with Gasteiger partial charge in [0.05, 0.1) is 0 Å². The molecule has 4 heteroatoms. The SMILES string of the molecule is Cc1cccc(NC(=O)Nc2ccc(C)c(O)c2)c1. The lowest BCUT2D eigenvalue weighted by Gasteiger charge is -2.09. The Morgan fingerprint density at radius 3 is 2.32 bits per heavy atom. The largest absolute Gasteiger partial charge is 0.508 e. The van der Waals surface area contributed by atoms with Crippen molar-refractivity contribution < 1.29 is 9.90 Å². The van der Waals surface area contributed by atoms with Gasteiger partial charge in [0, 0.05) is 17.4 Å². The highest BCUT2D eigenvalue weighted by atomic mass is 16.3. The molecule has 0 aliphatic rings. The van der Waals surface area contributed by atoms with E-state index in [4.69, 9.17) is 0 Å². The first-order chi connectivity index (χ1) is 9.04. The van der Waals surface area contributed by atoms with Gasteiger partial charge in [0.15, 0.2) is 0 Å². The maximum absolute atomic E-state index is 11.8. The van der Waals surface area contributed by atoms with Gasteiger partial charge < -0.3 is 15.7 Å². The second-order valence-electron chi connectivity index (χ2n) is 4.45. The molecular weight excluding hydrogens is 240 g/mol. The van der Waals surface area contributed by atoms with E-state index in [1.165, 1.54) is 6.07 Å². The molecule has 0 spiro atoms. The number of phenolic OH excluding ortho intramolecular Hbond substituents is 1. The fourth-order valence-electron chi connectivity index (χ4n) is 1.70. The topological polar surface area (TPSA) is 61.4 Å². The molecule has 0 aliphatic heterocycles. The number of amides is 2. The standard InChI is InChI=1S/C15H16N2O2/c1-10-4-3-5-12(8-10)16-15(19)17-13-7-6-11(2)14(18)9-13/h3-9,18H,1-2H3,(H2,16,17,19). The summed E-state index contributed by atoms with van der Waals surface area (Å²) in [4.78, 5) is 11.8. The normalized spacial score (nSPS) is 10.0. The summed E-state index contributed by atoms with van der Waals surface area (Å²) < 4.78 is 0. The molecule has 0 radical (unpaired) electrons. The number of hydrogen-bond acceptors (Lipinski definition) is 2. The third-order valence-corrected chi connectivity index (χ3v) is 2.74. The highest BCUT2D eigenvalue weighted by Gasteiger charge is 2.04. The zero-order valence-electron chi connectivity index (χ0n) is 10.9. The Balaban J connectivity index is 2.03. The van der Waals surface area contributed by atoms with Gasteiger partial charge in [-0.25, -0.2) is 4.79 Å². The summed E-state index contributed by atoms with van der Waals surface area (Å²) in [5.41, 5.74) is 3.12. The third-order valence-electron chi connectivity index (χ3n) is 2.74. The number of rotatable bonds is 2. The van der Waals surface area contributed by atoms with E-state index in [2.05, 4.69) is 10.6 Å². The molecule has 98 valence electrons. The first-order valence-corrected chi connectivity index (χ1v) is 5.99. The molecule has 0 saturated heterocycles. The summed E-state index contributed by atoms with van der Waals surface area (Å²) in [7, 11) is 0. The van der Waals surface area contributed by atoms with Gasteiger partial charge in [0.25, 0.3) is 0 Å². The summed E-state index contributed by atoms with van der Waals surface area (Å²) in [5.74, 6) is 0.161. The molecule has 0 heterocycles. The molecule has 0 bridgehead atoms. The lowest BCUT2D eigenvalue weighted by molar-refractivity contribution is 0.262. The van der Waals surface area contributed by atoms with E-state index in [9.17, 15) is 9.90 Å². The van der Waals surface area contributed by atoms with Crippen LogP contribution in [0.5, 0.6) is 5.75 Å². The predicted octanol–water partition coefficient (Wildman–Crippen LogP) is 3.65. The van der Waals surface area contributed by atoms with Crippen LogP contribution in [-0.4, -0.2) is 11.1 Å². The van der Waals surface area contributed by atoms with E-state index in [1.54, 1.807) is 19.1 Å². The highest BCUT2D eigenvalue weighted by Crippen LogP contribution is 2.21. The van der Waals surface area contributed by atoms with Crippen LogP contribution in [0.3, 0.4) is 0 Å². The van der Waals surface area contributed by atoms with E-state index in [0.29, 0.717) is 5.69 Å². The number of aryl methyl sites for hydroxylation is 2. The van der Waals surface area contributed by atoms with Crippen molar-refractivity contribution in [2.75, 3.05) is 10.6 Å². The van der Waals surface area contributed by atoms with Gasteiger partial charge in [-0.3, -0.25) is 0 Å². The van der Waals surface area contributed by atoms with E-state index in [1.807, 2.05) is 31.2 Å². The quantitative estimate of drug-likeness (QED) is 0.768. The molecule has 0 saturated carbocycles. The van der Waals surface area contributed by atoms with Gasteiger partial charge in [0.1, 0.15) is 5.75 Å². The molecule has 19 heavy (non-hydrogen) atoms. The fourth-order valence-corrected chi connectivity index (χ4v) is 1.70. The Labute approximate surface area is 112 Å². The smallest absolute Gasteiger partial charge is 0.323 e. The van der Waals surface area contributed by atoms with Crippen LogP contribution in [0.15, 0.2) is 42.5 Å². The Kier molecular flexibility index (Phi) is 3.71. The molecule has 2 aromatic rings. The Morgan fingerprint density at radius 1 is 1.00 bits per heavy atom. The minimum Gasteiger partial charge on any atom is -0.508 e. The number of anilines is 2. The number of phenols is 1. The van der Waals surface area contributed by atoms with Crippen LogP contribution in [-0.2, 0) is 0 Å². The molecule has 0 aliphatic carbocycles. The molecule has 3 N–H and O–H groups in total. The number of aromatic hydroxyl groups is 1. The van der Waals surface area contributed by atoms with Crippen LogP contribution in [0.1, 0.15) is 11.1 Å². The summed E-state index contributed by atoms with van der Waals surface area (Å²) in [6, 6.07) is 12.2. The molecule has 2 rings (SSSR count). The van der Waals surface area contributed by atoms with Gasteiger partial charge in [0.2, 0.25) is 0 Å². The Bertz CT molecular complexity index is 609. The average Bonchev–Trinajstić information content (AvgIpc) is 2.34. The summed E-state index contributed by atoms with van der Waals surface area (Å²) in [5, 5.41) is 15.0. The van der Waals surface area contributed by atoms with Crippen molar-refractivity contribution in [3.63, 3.8) is 0 Å². The molecule has 0 fully saturated rings. The molecular formula is C15H16N2O2.